The minimum Gasteiger partial charge on any atom is -0.410 e. The van der Waals surface area contributed by atoms with Gasteiger partial charge in [-0.05, 0) is 30.2 Å². The largest absolute Gasteiger partial charge is 0.410 e. The van der Waals surface area contributed by atoms with Crippen LogP contribution in [0.2, 0.25) is 0 Å². The molecule has 1 rings (SSSR count). The van der Waals surface area contributed by atoms with Gasteiger partial charge in [-0.15, -0.1) is 0 Å². The van der Waals surface area contributed by atoms with E-state index in [0.717, 1.165) is 0 Å². The van der Waals surface area contributed by atoms with Crippen LogP contribution in [0.15, 0.2) is 29.4 Å². The van der Waals surface area contributed by atoms with E-state index < -0.39 is 0 Å². The molecule has 0 aliphatic rings. The van der Waals surface area contributed by atoms with Gasteiger partial charge in [0, 0.05) is 12.7 Å². The highest BCUT2D eigenvalue weighted by molar-refractivity contribution is 6.01. The highest BCUT2D eigenvalue weighted by Gasteiger charge is 1.93. The number of oxime groups is 1. The van der Waals surface area contributed by atoms with E-state index in [1.165, 1.54) is 19.2 Å². The summed E-state index contributed by atoms with van der Waals surface area (Å²) in [7, 11) is 1.48. The lowest BCUT2D eigenvalue weighted by molar-refractivity contribution is 0.238. The molecule has 0 unspecified atom stereocenters. The van der Waals surface area contributed by atoms with Gasteiger partial charge in [-0.2, -0.15) is 0 Å². The van der Waals surface area contributed by atoms with Crippen LogP contribution >= 0.6 is 0 Å². The monoisotopic (exact) mass is 207 g/mol. The summed E-state index contributed by atoms with van der Waals surface area (Å²) >= 11 is 0. The van der Waals surface area contributed by atoms with Crippen LogP contribution in [0.5, 0.6) is 0 Å². The van der Waals surface area contributed by atoms with Crippen molar-refractivity contribution in [1.82, 2.24) is 0 Å². The van der Waals surface area contributed by atoms with Gasteiger partial charge >= 0.3 is 0 Å². The van der Waals surface area contributed by atoms with Crippen molar-refractivity contribution < 1.29 is 14.3 Å². The van der Waals surface area contributed by atoms with Crippen molar-refractivity contribution in [3.05, 3.63) is 35.6 Å². The molecule has 0 bridgehead atoms. The van der Waals surface area contributed by atoms with Crippen molar-refractivity contribution in [1.29, 1.82) is 0 Å². The van der Waals surface area contributed by atoms with Gasteiger partial charge in [0.05, 0.1) is 6.61 Å². The number of halogens is 1. The van der Waals surface area contributed by atoms with Crippen LogP contribution in [0, 0.1) is 17.7 Å². The van der Waals surface area contributed by atoms with E-state index in [2.05, 4.69) is 17.0 Å². The van der Waals surface area contributed by atoms with Gasteiger partial charge in [0.25, 0.3) is 0 Å². The molecule has 0 fully saturated rings. The third-order valence-corrected chi connectivity index (χ3v) is 1.60. The standard InChI is InChI=1S/C11H10FNO2/c1-15-8-11(13-14)7-4-9-2-5-10(12)6-3-9/h2-3,5-6,14H,8H2,1H3/b13-11-. The van der Waals surface area contributed by atoms with Gasteiger partial charge in [0.15, 0.2) is 5.71 Å². The van der Waals surface area contributed by atoms with Gasteiger partial charge < -0.3 is 9.94 Å². The Morgan fingerprint density at radius 1 is 1.47 bits per heavy atom. The van der Waals surface area contributed by atoms with Crippen LogP contribution in [0.1, 0.15) is 5.56 Å². The summed E-state index contributed by atoms with van der Waals surface area (Å²) in [5, 5.41) is 11.5. The summed E-state index contributed by atoms with van der Waals surface area (Å²) in [6, 6.07) is 5.72. The first-order chi connectivity index (χ1) is 7.26. The minimum atomic E-state index is -0.312. The number of methoxy groups -OCH3 is 1. The number of ether oxygens (including phenoxy) is 1. The molecule has 0 radical (unpaired) electrons. The van der Waals surface area contributed by atoms with E-state index >= 15 is 0 Å². The molecular weight excluding hydrogens is 197 g/mol. The zero-order valence-corrected chi connectivity index (χ0v) is 8.20. The maximum atomic E-state index is 12.5. The van der Waals surface area contributed by atoms with Gasteiger partial charge in [-0.1, -0.05) is 11.1 Å². The molecule has 0 heterocycles. The van der Waals surface area contributed by atoms with E-state index in [0.29, 0.717) is 5.56 Å². The van der Waals surface area contributed by atoms with Crippen LogP contribution in [0.3, 0.4) is 0 Å². The smallest absolute Gasteiger partial charge is 0.155 e. The molecule has 15 heavy (non-hydrogen) atoms. The molecule has 0 aromatic heterocycles. The van der Waals surface area contributed by atoms with Gasteiger partial charge in [-0.3, -0.25) is 0 Å². The summed E-state index contributed by atoms with van der Waals surface area (Å²) in [6.07, 6.45) is 0. The molecule has 1 aromatic rings. The molecule has 0 aliphatic carbocycles. The fourth-order valence-electron chi connectivity index (χ4n) is 0.904. The first-order valence-electron chi connectivity index (χ1n) is 4.23. The van der Waals surface area contributed by atoms with Crippen LogP contribution in [0.25, 0.3) is 0 Å². The van der Waals surface area contributed by atoms with Gasteiger partial charge in [0.2, 0.25) is 0 Å². The zero-order valence-electron chi connectivity index (χ0n) is 8.20. The Morgan fingerprint density at radius 3 is 2.67 bits per heavy atom. The second-order valence-electron chi connectivity index (χ2n) is 2.74. The Bertz CT molecular complexity index is 401. The molecule has 0 atom stereocenters. The average molecular weight is 207 g/mol. The third-order valence-electron chi connectivity index (χ3n) is 1.60. The normalized spacial score (nSPS) is 10.7. The summed E-state index contributed by atoms with van der Waals surface area (Å²) < 4.78 is 17.3. The molecule has 78 valence electrons. The Morgan fingerprint density at radius 2 is 2.13 bits per heavy atom. The van der Waals surface area contributed by atoms with E-state index in [-0.39, 0.29) is 18.1 Å². The van der Waals surface area contributed by atoms with E-state index in [1.54, 1.807) is 12.1 Å². The average Bonchev–Trinajstić information content (AvgIpc) is 2.26. The maximum Gasteiger partial charge on any atom is 0.155 e. The molecule has 0 spiro atoms. The fraction of sp³-hybridized carbons (Fsp3) is 0.182. The SMILES string of the molecule is COC/C(C#Cc1ccc(F)cc1)=N\O. The Labute approximate surface area is 87.2 Å². The second-order valence-corrected chi connectivity index (χ2v) is 2.74. The Balaban J connectivity index is 2.76. The molecule has 4 heteroatoms. The van der Waals surface area contributed by atoms with Crippen LogP contribution in [0.4, 0.5) is 4.39 Å². The van der Waals surface area contributed by atoms with Crippen molar-refractivity contribution >= 4 is 5.71 Å². The highest BCUT2D eigenvalue weighted by atomic mass is 19.1. The number of hydrogen-bond acceptors (Lipinski definition) is 3. The van der Waals surface area contributed by atoms with Crippen LogP contribution in [-0.2, 0) is 4.74 Å². The molecule has 1 aromatic carbocycles. The lowest BCUT2D eigenvalue weighted by Gasteiger charge is -1.92. The second kappa shape index (κ2) is 5.78. The highest BCUT2D eigenvalue weighted by Crippen LogP contribution is 2.00. The lowest BCUT2D eigenvalue weighted by atomic mass is 10.2. The fourth-order valence-corrected chi connectivity index (χ4v) is 0.904. The number of benzene rings is 1. The summed E-state index contributed by atoms with van der Waals surface area (Å²) in [6.45, 7) is 0.144. The van der Waals surface area contributed by atoms with Crippen molar-refractivity contribution in [2.24, 2.45) is 5.16 Å². The summed E-state index contributed by atoms with van der Waals surface area (Å²) in [5.74, 6) is 5.02. The quantitative estimate of drug-likeness (QED) is 0.347. The molecule has 3 nitrogen and oxygen atoms in total. The first-order valence-corrected chi connectivity index (χ1v) is 4.23. The molecule has 0 saturated carbocycles. The third kappa shape index (κ3) is 3.79. The van der Waals surface area contributed by atoms with E-state index in [4.69, 9.17) is 9.94 Å². The number of rotatable bonds is 2. The van der Waals surface area contributed by atoms with E-state index in [1.807, 2.05) is 0 Å². The van der Waals surface area contributed by atoms with Gasteiger partial charge in [-0.25, -0.2) is 4.39 Å². The van der Waals surface area contributed by atoms with Crippen molar-refractivity contribution in [3.8, 4) is 11.8 Å². The minimum absolute atomic E-state index is 0.144. The predicted octanol–water partition coefficient (Wildman–Crippen LogP) is 1.65. The molecular formula is C11H10FNO2. The molecule has 0 amide bonds. The van der Waals surface area contributed by atoms with Crippen LogP contribution < -0.4 is 0 Å². The van der Waals surface area contributed by atoms with Crippen molar-refractivity contribution in [3.63, 3.8) is 0 Å². The van der Waals surface area contributed by atoms with Crippen LogP contribution in [-0.4, -0.2) is 24.6 Å². The maximum absolute atomic E-state index is 12.5. The lowest BCUT2D eigenvalue weighted by Crippen LogP contribution is -2.03. The number of nitrogens with zero attached hydrogens (tertiary/aromatic N) is 1. The summed E-state index contributed by atoms with van der Waals surface area (Å²) in [5.41, 5.74) is 0.871. The topological polar surface area (TPSA) is 41.8 Å². The first kappa shape index (κ1) is 11.2. The number of hydrogen-bond donors (Lipinski definition) is 1. The molecule has 1 N–H and O–H groups in total. The summed E-state index contributed by atoms with van der Waals surface area (Å²) in [4.78, 5) is 0. The van der Waals surface area contributed by atoms with Crippen molar-refractivity contribution in [2.75, 3.05) is 13.7 Å². The molecule has 0 saturated heterocycles. The predicted molar refractivity (Wildman–Crippen MR) is 54.4 cm³/mol. The zero-order chi connectivity index (χ0) is 11.1. The van der Waals surface area contributed by atoms with Gasteiger partial charge in [0.1, 0.15) is 5.82 Å². The van der Waals surface area contributed by atoms with E-state index in [9.17, 15) is 4.39 Å². The molecule has 0 aliphatic heterocycles. The Kier molecular flexibility index (Phi) is 4.32. The van der Waals surface area contributed by atoms with Crippen molar-refractivity contribution in [2.45, 2.75) is 0 Å². The Hall–Kier alpha value is -1.86.